The van der Waals surface area contributed by atoms with Gasteiger partial charge in [0.2, 0.25) is 5.91 Å². The molecule has 0 aliphatic carbocycles. The Morgan fingerprint density at radius 2 is 2.17 bits per heavy atom. The van der Waals surface area contributed by atoms with Crippen molar-refractivity contribution in [2.75, 3.05) is 18.4 Å². The molecular formula is C18H15N3O2S. The van der Waals surface area contributed by atoms with Crippen molar-refractivity contribution in [3.05, 3.63) is 65.5 Å². The Morgan fingerprint density at radius 3 is 2.96 bits per heavy atom. The second kappa shape index (κ2) is 6.41. The molecule has 0 unspecified atom stereocenters. The number of amidine groups is 1. The van der Waals surface area contributed by atoms with E-state index in [1.165, 1.54) is 11.8 Å². The fourth-order valence-corrected chi connectivity index (χ4v) is 3.56. The summed E-state index contributed by atoms with van der Waals surface area (Å²) in [6.45, 7) is 1.79. The molecule has 6 heteroatoms. The molecule has 0 saturated carbocycles. The van der Waals surface area contributed by atoms with Gasteiger partial charge in [0.05, 0.1) is 18.5 Å². The van der Waals surface area contributed by atoms with Gasteiger partial charge in [-0.1, -0.05) is 23.9 Å². The average molecular weight is 337 g/mol. The monoisotopic (exact) mass is 337 g/mol. The zero-order valence-electron chi connectivity index (χ0n) is 12.8. The molecule has 0 fully saturated rings. The van der Waals surface area contributed by atoms with Gasteiger partial charge in [0.25, 0.3) is 0 Å². The summed E-state index contributed by atoms with van der Waals surface area (Å²) in [6, 6.07) is 11.4. The van der Waals surface area contributed by atoms with Crippen LogP contribution in [0, 0.1) is 0 Å². The Balaban J connectivity index is 1.41. The second-order valence-electron chi connectivity index (χ2n) is 5.35. The van der Waals surface area contributed by atoms with Crippen LogP contribution in [-0.4, -0.2) is 29.1 Å². The standard InChI is InChI=1S/C18H15N3O2S/c22-17(8-7-15-2-1-11-23-15)20-14-5-3-13(4-6-14)16-12-24-18-19-9-10-21(16)18/h1-8,11-12H,9-10H2,(H,20,22). The molecule has 5 nitrogen and oxygen atoms in total. The summed E-state index contributed by atoms with van der Waals surface area (Å²) >= 11 is 1.66. The molecule has 4 rings (SSSR count). The van der Waals surface area contributed by atoms with Crippen molar-refractivity contribution in [1.29, 1.82) is 0 Å². The van der Waals surface area contributed by atoms with E-state index < -0.39 is 0 Å². The molecule has 0 saturated heterocycles. The van der Waals surface area contributed by atoms with Gasteiger partial charge < -0.3 is 14.6 Å². The number of hydrogen-bond acceptors (Lipinski definition) is 5. The predicted octanol–water partition coefficient (Wildman–Crippen LogP) is 3.65. The van der Waals surface area contributed by atoms with Crippen LogP contribution in [0.5, 0.6) is 0 Å². The molecule has 0 spiro atoms. The maximum atomic E-state index is 11.9. The molecule has 0 bridgehead atoms. The fourth-order valence-electron chi connectivity index (χ4n) is 2.60. The van der Waals surface area contributed by atoms with Gasteiger partial charge in [0.1, 0.15) is 5.76 Å². The number of carbonyl (C=O) groups is 1. The summed E-state index contributed by atoms with van der Waals surface area (Å²) in [7, 11) is 0. The van der Waals surface area contributed by atoms with E-state index in [9.17, 15) is 4.79 Å². The minimum Gasteiger partial charge on any atom is -0.465 e. The van der Waals surface area contributed by atoms with Crippen molar-refractivity contribution in [3.63, 3.8) is 0 Å². The lowest BCUT2D eigenvalue weighted by Crippen LogP contribution is -2.19. The normalized spacial score (nSPS) is 16.2. The number of hydrogen-bond donors (Lipinski definition) is 1. The topological polar surface area (TPSA) is 57.8 Å². The van der Waals surface area contributed by atoms with Crippen molar-refractivity contribution < 1.29 is 9.21 Å². The van der Waals surface area contributed by atoms with Crippen molar-refractivity contribution in [1.82, 2.24) is 4.90 Å². The number of amides is 1. The Hall–Kier alpha value is -2.73. The van der Waals surface area contributed by atoms with Gasteiger partial charge in [0, 0.05) is 23.7 Å². The molecule has 1 N–H and O–H groups in total. The molecule has 0 atom stereocenters. The van der Waals surface area contributed by atoms with E-state index in [0.29, 0.717) is 5.76 Å². The molecule has 2 aliphatic heterocycles. The molecule has 120 valence electrons. The number of furan rings is 1. The van der Waals surface area contributed by atoms with Gasteiger partial charge in [-0.25, -0.2) is 0 Å². The van der Waals surface area contributed by atoms with Crippen molar-refractivity contribution in [2.24, 2.45) is 4.99 Å². The average Bonchev–Trinajstić information content (AvgIpc) is 3.32. The van der Waals surface area contributed by atoms with Gasteiger partial charge in [-0.15, -0.1) is 0 Å². The molecule has 0 radical (unpaired) electrons. The number of anilines is 1. The summed E-state index contributed by atoms with van der Waals surface area (Å²) in [4.78, 5) is 18.6. The van der Waals surface area contributed by atoms with E-state index in [2.05, 4.69) is 20.6 Å². The molecule has 2 aromatic rings. The maximum absolute atomic E-state index is 11.9. The third-order valence-corrected chi connectivity index (χ3v) is 4.66. The van der Waals surface area contributed by atoms with E-state index >= 15 is 0 Å². The number of carbonyl (C=O) groups excluding carboxylic acids is 1. The van der Waals surface area contributed by atoms with Crippen molar-refractivity contribution in [3.8, 4) is 0 Å². The molecule has 2 aliphatic rings. The number of fused-ring (bicyclic) bond motifs is 1. The Morgan fingerprint density at radius 1 is 1.29 bits per heavy atom. The van der Waals surface area contributed by atoms with Crippen molar-refractivity contribution in [2.45, 2.75) is 0 Å². The van der Waals surface area contributed by atoms with E-state index in [-0.39, 0.29) is 5.91 Å². The molecule has 24 heavy (non-hydrogen) atoms. The first-order valence-electron chi connectivity index (χ1n) is 7.61. The molecule has 1 aromatic heterocycles. The van der Waals surface area contributed by atoms with E-state index in [1.54, 1.807) is 36.2 Å². The number of thioether (sulfide) groups is 1. The number of nitrogens with one attached hydrogen (secondary N) is 1. The molecule has 1 aromatic carbocycles. The van der Waals surface area contributed by atoms with Crippen LogP contribution >= 0.6 is 11.8 Å². The van der Waals surface area contributed by atoms with Crippen LogP contribution < -0.4 is 5.32 Å². The highest BCUT2D eigenvalue weighted by Gasteiger charge is 2.26. The lowest BCUT2D eigenvalue weighted by molar-refractivity contribution is -0.111. The van der Waals surface area contributed by atoms with Gasteiger partial charge in [-0.05, 0) is 35.9 Å². The summed E-state index contributed by atoms with van der Waals surface area (Å²) in [5.74, 6) is 0.456. The van der Waals surface area contributed by atoms with Crippen molar-refractivity contribution >= 4 is 40.3 Å². The minimum absolute atomic E-state index is 0.191. The lowest BCUT2D eigenvalue weighted by Gasteiger charge is -2.16. The van der Waals surface area contributed by atoms with Crippen LogP contribution in [0.15, 0.2) is 63.6 Å². The third kappa shape index (κ3) is 3.00. The quantitative estimate of drug-likeness (QED) is 0.865. The molecule has 1 amide bonds. The largest absolute Gasteiger partial charge is 0.465 e. The SMILES string of the molecule is O=C(C=Cc1ccco1)Nc1ccc(C2=CSC3=NCCN23)cc1. The van der Waals surface area contributed by atoms with Crippen LogP contribution in [0.3, 0.4) is 0 Å². The van der Waals surface area contributed by atoms with E-state index in [4.69, 9.17) is 4.42 Å². The second-order valence-corrected chi connectivity index (χ2v) is 6.19. The Bertz CT molecular complexity index is 836. The van der Waals surface area contributed by atoms with Crippen LogP contribution in [0.1, 0.15) is 11.3 Å². The first-order chi connectivity index (χ1) is 11.8. The number of rotatable bonds is 4. The summed E-state index contributed by atoms with van der Waals surface area (Å²) in [6.07, 6.45) is 4.66. The van der Waals surface area contributed by atoms with Gasteiger partial charge >= 0.3 is 0 Å². The van der Waals surface area contributed by atoms with Gasteiger partial charge in [-0.2, -0.15) is 0 Å². The zero-order valence-corrected chi connectivity index (χ0v) is 13.6. The summed E-state index contributed by atoms with van der Waals surface area (Å²) < 4.78 is 5.15. The van der Waals surface area contributed by atoms with Crippen LogP contribution in [-0.2, 0) is 4.79 Å². The smallest absolute Gasteiger partial charge is 0.248 e. The van der Waals surface area contributed by atoms with Gasteiger partial charge in [-0.3, -0.25) is 9.79 Å². The number of aliphatic imine (C=N–C) groups is 1. The van der Waals surface area contributed by atoms with Gasteiger partial charge in [0.15, 0.2) is 5.17 Å². The van der Waals surface area contributed by atoms with E-state index in [1.807, 2.05) is 24.3 Å². The minimum atomic E-state index is -0.191. The Kier molecular flexibility index (Phi) is 3.96. The molecule has 3 heterocycles. The first-order valence-corrected chi connectivity index (χ1v) is 8.49. The van der Waals surface area contributed by atoms with Crippen LogP contribution in [0.2, 0.25) is 0 Å². The lowest BCUT2D eigenvalue weighted by atomic mass is 10.1. The molecular weight excluding hydrogens is 322 g/mol. The van der Waals surface area contributed by atoms with Crippen LogP contribution in [0.25, 0.3) is 11.8 Å². The van der Waals surface area contributed by atoms with Crippen LogP contribution in [0.4, 0.5) is 5.69 Å². The first kappa shape index (κ1) is 14.8. The predicted molar refractivity (Wildman–Crippen MR) is 97.4 cm³/mol. The summed E-state index contributed by atoms with van der Waals surface area (Å²) in [5.41, 5.74) is 3.06. The highest BCUT2D eigenvalue weighted by atomic mass is 32.2. The van der Waals surface area contributed by atoms with E-state index in [0.717, 1.165) is 29.5 Å². The fraction of sp³-hybridized carbons (Fsp3) is 0.111. The highest BCUT2D eigenvalue weighted by molar-refractivity contribution is 8.16. The number of benzene rings is 1. The zero-order chi connectivity index (χ0) is 16.4. The number of nitrogens with zero attached hydrogens (tertiary/aromatic N) is 2. The maximum Gasteiger partial charge on any atom is 0.248 e. The Labute approximate surface area is 143 Å². The third-order valence-electron chi connectivity index (χ3n) is 3.76. The summed E-state index contributed by atoms with van der Waals surface area (Å²) in [5, 5.41) is 6.04. The highest BCUT2D eigenvalue weighted by Crippen LogP contribution is 2.35.